The van der Waals surface area contributed by atoms with Crippen molar-refractivity contribution in [2.45, 2.75) is 56.6 Å². The number of fused-ring (bicyclic) bond motifs is 1. The smallest absolute Gasteiger partial charge is 0.0829 e. The summed E-state index contributed by atoms with van der Waals surface area (Å²) in [6.07, 6.45) is 9.59. The van der Waals surface area contributed by atoms with Crippen LogP contribution in [0.4, 0.5) is 0 Å². The predicted octanol–water partition coefficient (Wildman–Crippen LogP) is 2.02. The molecule has 1 saturated carbocycles. The number of rotatable bonds is 3. The first kappa shape index (κ1) is 12.9. The van der Waals surface area contributed by atoms with Gasteiger partial charge in [-0.15, -0.1) is 0 Å². The number of nitrogens with zero attached hydrogens (tertiary/aromatic N) is 1. The van der Waals surface area contributed by atoms with Crippen LogP contribution < -0.4 is 5.32 Å². The van der Waals surface area contributed by atoms with E-state index < -0.39 is 0 Å². The molecule has 2 aliphatic heterocycles. The lowest BCUT2D eigenvalue weighted by Gasteiger charge is -2.45. The van der Waals surface area contributed by atoms with E-state index >= 15 is 0 Å². The lowest BCUT2D eigenvalue weighted by molar-refractivity contribution is -0.0724. The second-order valence-corrected chi connectivity index (χ2v) is 6.51. The van der Waals surface area contributed by atoms with Crippen molar-refractivity contribution in [2.75, 3.05) is 33.3 Å². The SMILES string of the molecule is COC1(CN2CCCC3CCCC32)CCNCC1. The van der Waals surface area contributed by atoms with E-state index in [0.717, 1.165) is 25.0 Å². The Morgan fingerprint density at radius 1 is 1.17 bits per heavy atom. The second kappa shape index (κ2) is 5.48. The molecular weight excluding hydrogens is 224 g/mol. The van der Waals surface area contributed by atoms with E-state index in [1.807, 2.05) is 7.11 Å². The van der Waals surface area contributed by atoms with Gasteiger partial charge in [0.05, 0.1) is 5.60 Å². The fourth-order valence-electron chi connectivity index (χ4n) is 4.43. The number of hydrogen-bond acceptors (Lipinski definition) is 3. The highest BCUT2D eigenvalue weighted by Crippen LogP contribution is 2.38. The fourth-order valence-corrected chi connectivity index (χ4v) is 4.43. The average Bonchev–Trinajstić information content (AvgIpc) is 2.89. The molecule has 0 aromatic carbocycles. The highest BCUT2D eigenvalue weighted by molar-refractivity contribution is 4.95. The molecule has 0 aromatic heterocycles. The topological polar surface area (TPSA) is 24.5 Å². The first-order chi connectivity index (χ1) is 8.83. The van der Waals surface area contributed by atoms with Gasteiger partial charge >= 0.3 is 0 Å². The van der Waals surface area contributed by atoms with Crippen LogP contribution in [-0.4, -0.2) is 49.8 Å². The van der Waals surface area contributed by atoms with Gasteiger partial charge in [-0.1, -0.05) is 6.42 Å². The normalized spacial score (nSPS) is 36.5. The van der Waals surface area contributed by atoms with Gasteiger partial charge in [0, 0.05) is 19.7 Å². The molecule has 0 spiro atoms. The monoisotopic (exact) mass is 252 g/mol. The van der Waals surface area contributed by atoms with Crippen LogP contribution >= 0.6 is 0 Å². The maximum atomic E-state index is 5.95. The van der Waals surface area contributed by atoms with Crippen LogP contribution in [0.1, 0.15) is 44.9 Å². The highest BCUT2D eigenvalue weighted by Gasteiger charge is 2.40. The Morgan fingerprint density at radius 3 is 2.72 bits per heavy atom. The van der Waals surface area contributed by atoms with Crippen LogP contribution in [-0.2, 0) is 4.74 Å². The third-order valence-electron chi connectivity index (χ3n) is 5.55. The van der Waals surface area contributed by atoms with Crippen molar-refractivity contribution < 1.29 is 4.74 Å². The minimum Gasteiger partial charge on any atom is -0.377 e. The summed E-state index contributed by atoms with van der Waals surface area (Å²) in [5.41, 5.74) is 0.135. The molecule has 2 saturated heterocycles. The van der Waals surface area contributed by atoms with Gasteiger partial charge in [-0.25, -0.2) is 0 Å². The second-order valence-electron chi connectivity index (χ2n) is 6.51. The van der Waals surface area contributed by atoms with Crippen molar-refractivity contribution in [1.29, 1.82) is 0 Å². The van der Waals surface area contributed by atoms with Gasteiger partial charge in [-0.05, 0) is 64.1 Å². The molecule has 2 heterocycles. The zero-order chi connectivity index (χ0) is 12.4. The van der Waals surface area contributed by atoms with E-state index in [4.69, 9.17) is 4.74 Å². The van der Waals surface area contributed by atoms with E-state index in [2.05, 4.69) is 10.2 Å². The standard InChI is InChI=1S/C15H28N2O/c1-18-15(7-9-16-10-8-15)12-17-11-3-5-13-4-2-6-14(13)17/h13-14,16H,2-12H2,1H3. The van der Waals surface area contributed by atoms with Gasteiger partial charge in [-0.3, -0.25) is 4.90 Å². The van der Waals surface area contributed by atoms with Crippen LogP contribution in [0.25, 0.3) is 0 Å². The van der Waals surface area contributed by atoms with E-state index in [1.165, 1.54) is 58.0 Å². The lowest BCUT2D eigenvalue weighted by Crippen LogP contribution is -2.55. The quantitative estimate of drug-likeness (QED) is 0.831. The molecule has 0 aromatic rings. The number of methoxy groups -OCH3 is 1. The zero-order valence-corrected chi connectivity index (χ0v) is 11.8. The van der Waals surface area contributed by atoms with Gasteiger partial charge in [0.25, 0.3) is 0 Å². The van der Waals surface area contributed by atoms with Crippen molar-refractivity contribution >= 4 is 0 Å². The van der Waals surface area contributed by atoms with Crippen LogP contribution in [0.2, 0.25) is 0 Å². The molecule has 0 bridgehead atoms. The molecule has 18 heavy (non-hydrogen) atoms. The third kappa shape index (κ3) is 2.45. The number of nitrogens with one attached hydrogen (secondary N) is 1. The third-order valence-corrected chi connectivity index (χ3v) is 5.55. The van der Waals surface area contributed by atoms with Gasteiger partial charge in [0.15, 0.2) is 0 Å². The summed E-state index contributed by atoms with van der Waals surface area (Å²) in [5.74, 6) is 0.995. The van der Waals surface area contributed by atoms with Crippen LogP contribution in [0, 0.1) is 5.92 Å². The molecule has 3 fully saturated rings. The summed E-state index contributed by atoms with van der Waals surface area (Å²) in [4.78, 5) is 2.77. The molecule has 1 N–H and O–H groups in total. The van der Waals surface area contributed by atoms with Crippen molar-refractivity contribution in [3.05, 3.63) is 0 Å². The Balaban J connectivity index is 1.66. The lowest BCUT2D eigenvalue weighted by atomic mass is 9.87. The Kier molecular flexibility index (Phi) is 3.92. The molecular formula is C15H28N2O. The Morgan fingerprint density at radius 2 is 1.94 bits per heavy atom. The average molecular weight is 252 g/mol. The van der Waals surface area contributed by atoms with E-state index in [9.17, 15) is 0 Å². The molecule has 3 rings (SSSR count). The summed E-state index contributed by atoms with van der Waals surface area (Å²) >= 11 is 0. The van der Waals surface area contributed by atoms with E-state index in [1.54, 1.807) is 0 Å². The summed E-state index contributed by atoms with van der Waals surface area (Å²) in [6, 6.07) is 0.876. The zero-order valence-electron chi connectivity index (χ0n) is 11.8. The minimum absolute atomic E-state index is 0.135. The Labute approximate surface area is 111 Å². The van der Waals surface area contributed by atoms with Crippen molar-refractivity contribution in [3.8, 4) is 0 Å². The number of likely N-dealkylation sites (tertiary alicyclic amines) is 1. The van der Waals surface area contributed by atoms with Crippen LogP contribution in [0.15, 0.2) is 0 Å². The minimum atomic E-state index is 0.135. The summed E-state index contributed by atoms with van der Waals surface area (Å²) in [7, 11) is 1.92. The van der Waals surface area contributed by atoms with Gasteiger partial charge in [0.1, 0.15) is 0 Å². The van der Waals surface area contributed by atoms with Gasteiger partial charge < -0.3 is 10.1 Å². The molecule has 2 atom stereocenters. The fraction of sp³-hybridized carbons (Fsp3) is 1.00. The van der Waals surface area contributed by atoms with E-state index in [-0.39, 0.29) is 5.60 Å². The molecule has 3 aliphatic rings. The molecule has 3 nitrogen and oxygen atoms in total. The van der Waals surface area contributed by atoms with Crippen molar-refractivity contribution in [3.63, 3.8) is 0 Å². The molecule has 1 aliphatic carbocycles. The number of hydrogen-bond donors (Lipinski definition) is 1. The predicted molar refractivity (Wildman–Crippen MR) is 73.8 cm³/mol. The van der Waals surface area contributed by atoms with Gasteiger partial charge in [0.2, 0.25) is 0 Å². The number of piperidine rings is 2. The van der Waals surface area contributed by atoms with Crippen molar-refractivity contribution in [2.24, 2.45) is 5.92 Å². The molecule has 0 amide bonds. The van der Waals surface area contributed by atoms with Crippen LogP contribution in [0.3, 0.4) is 0 Å². The number of ether oxygens (including phenoxy) is 1. The van der Waals surface area contributed by atoms with E-state index in [0.29, 0.717) is 0 Å². The molecule has 2 unspecified atom stereocenters. The summed E-state index contributed by atoms with van der Waals surface area (Å²) < 4.78 is 5.95. The molecule has 0 radical (unpaired) electrons. The van der Waals surface area contributed by atoms with Gasteiger partial charge in [-0.2, -0.15) is 0 Å². The molecule has 3 heteroatoms. The Bertz CT molecular complexity index is 276. The largest absolute Gasteiger partial charge is 0.377 e. The first-order valence-corrected chi connectivity index (χ1v) is 7.83. The summed E-state index contributed by atoms with van der Waals surface area (Å²) in [6.45, 7) is 4.72. The maximum absolute atomic E-state index is 5.95. The highest BCUT2D eigenvalue weighted by atomic mass is 16.5. The summed E-state index contributed by atoms with van der Waals surface area (Å²) in [5, 5.41) is 3.46. The van der Waals surface area contributed by atoms with Crippen LogP contribution in [0.5, 0.6) is 0 Å². The Hall–Kier alpha value is -0.120. The first-order valence-electron chi connectivity index (χ1n) is 7.83. The maximum Gasteiger partial charge on any atom is 0.0829 e. The van der Waals surface area contributed by atoms with Crippen molar-refractivity contribution in [1.82, 2.24) is 10.2 Å². The molecule has 104 valence electrons.